The Bertz CT molecular complexity index is 412. The van der Waals surface area contributed by atoms with E-state index in [0.29, 0.717) is 34.1 Å². The molecule has 0 aliphatic heterocycles. The van der Waals surface area contributed by atoms with E-state index < -0.39 is 6.09 Å². The van der Waals surface area contributed by atoms with E-state index in [-0.39, 0.29) is 0 Å². The van der Waals surface area contributed by atoms with Crippen molar-refractivity contribution in [2.24, 2.45) is 0 Å². The molecule has 0 radical (unpaired) electrons. The van der Waals surface area contributed by atoms with E-state index in [9.17, 15) is 4.79 Å². The van der Waals surface area contributed by atoms with Crippen LogP contribution in [0, 0.1) is 0 Å². The van der Waals surface area contributed by atoms with Crippen LogP contribution in [-0.2, 0) is 4.74 Å². The monoisotopic (exact) mass is 321 g/mol. The van der Waals surface area contributed by atoms with Crippen molar-refractivity contribution in [1.29, 1.82) is 0 Å². The fourth-order valence-electron chi connectivity index (χ4n) is 1.22. The first-order valence-electron chi connectivity index (χ1n) is 5.14. The van der Waals surface area contributed by atoms with Gasteiger partial charge in [0, 0.05) is 5.02 Å². The molecule has 17 heavy (non-hydrogen) atoms. The van der Waals surface area contributed by atoms with Crippen LogP contribution >= 0.6 is 27.5 Å². The number of rotatable bonds is 4. The Balaban J connectivity index is 2.98. The summed E-state index contributed by atoms with van der Waals surface area (Å²) in [5.41, 5.74) is 0.477. The maximum absolute atomic E-state index is 11.3. The molecule has 0 unspecified atom stereocenters. The van der Waals surface area contributed by atoms with Crippen molar-refractivity contribution >= 4 is 39.3 Å². The molecule has 1 N–H and O–H groups in total. The summed E-state index contributed by atoms with van der Waals surface area (Å²) in [6.07, 6.45) is -0.539. The fraction of sp³-hybridized carbons (Fsp3) is 0.364. The van der Waals surface area contributed by atoms with Crippen molar-refractivity contribution in [2.45, 2.75) is 13.8 Å². The first-order valence-corrected chi connectivity index (χ1v) is 6.31. The Morgan fingerprint density at radius 2 is 2.12 bits per heavy atom. The average Bonchev–Trinajstić information content (AvgIpc) is 2.23. The van der Waals surface area contributed by atoms with E-state index in [1.807, 2.05) is 6.92 Å². The number of hydrogen-bond donors (Lipinski definition) is 1. The zero-order valence-electron chi connectivity index (χ0n) is 9.55. The lowest BCUT2D eigenvalue weighted by Gasteiger charge is -2.13. The van der Waals surface area contributed by atoms with E-state index in [1.54, 1.807) is 19.1 Å². The number of benzene rings is 1. The number of nitrogens with one attached hydrogen (secondary N) is 1. The fourth-order valence-corrected chi connectivity index (χ4v) is 2.15. The van der Waals surface area contributed by atoms with Gasteiger partial charge in [0.15, 0.2) is 5.75 Å². The average molecular weight is 323 g/mol. The number of carbonyl (C=O) groups excluding carboxylic acids is 1. The van der Waals surface area contributed by atoms with Gasteiger partial charge in [0.2, 0.25) is 0 Å². The maximum atomic E-state index is 11.3. The molecule has 0 saturated heterocycles. The summed E-state index contributed by atoms with van der Waals surface area (Å²) in [4.78, 5) is 11.3. The van der Waals surface area contributed by atoms with Gasteiger partial charge in [-0.2, -0.15) is 0 Å². The second kappa shape index (κ2) is 6.71. The van der Waals surface area contributed by atoms with Crippen LogP contribution < -0.4 is 10.1 Å². The Morgan fingerprint density at radius 3 is 2.71 bits per heavy atom. The molecule has 0 heterocycles. The SMILES string of the molecule is CCOC(=O)Nc1cc(Cl)cc(Br)c1OCC. The lowest BCUT2D eigenvalue weighted by Crippen LogP contribution is -2.14. The van der Waals surface area contributed by atoms with Crippen LogP contribution in [0.5, 0.6) is 5.75 Å². The largest absolute Gasteiger partial charge is 0.491 e. The van der Waals surface area contributed by atoms with Gasteiger partial charge in [-0.3, -0.25) is 5.32 Å². The van der Waals surface area contributed by atoms with Crippen LogP contribution in [0.15, 0.2) is 16.6 Å². The Labute approximate surface area is 113 Å². The molecule has 0 atom stereocenters. The summed E-state index contributed by atoms with van der Waals surface area (Å²) >= 11 is 9.23. The molecular formula is C11H13BrClNO3. The molecule has 0 aliphatic rings. The van der Waals surface area contributed by atoms with Gasteiger partial charge in [0.05, 0.1) is 23.4 Å². The third kappa shape index (κ3) is 4.09. The van der Waals surface area contributed by atoms with Gasteiger partial charge in [-0.25, -0.2) is 4.79 Å². The van der Waals surface area contributed by atoms with E-state index in [0.717, 1.165) is 0 Å². The minimum absolute atomic E-state index is 0.303. The quantitative estimate of drug-likeness (QED) is 0.909. The molecule has 0 spiro atoms. The minimum Gasteiger partial charge on any atom is -0.491 e. The van der Waals surface area contributed by atoms with Crippen LogP contribution in [0.2, 0.25) is 5.02 Å². The van der Waals surface area contributed by atoms with Crippen molar-refractivity contribution in [1.82, 2.24) is 0 Å². The molecule has 0 bridgehead atoms. The highest BCUT2D eigenvalue weighted by Crippen LogP contribution is 2.36. The van der Waals surface area contributed by atoms with E-state index in [2.05, 4.69) is 21.2 Å². The summed E-state index contributed by atoms with van der Waals surface area (Å²) in [6, 6.07) is 3.30. The molecule has 1 amide bonds. The molecule has 0 aromatic heterocycles. The van der Waals surface area contributed by atoms with Crippen molar-refractivity contribution in [2.75, 3.05) is 18.5 Å². The van der Waals surface area contributed by atoms with Crippen LogP contribution in [0.4, 0.5) is 10.5 Å². The number of ether oxygens (including phenoxy) is 2. The second-order valence-corrected chi connectivity index (χ2v) is 4.33. The predicted octanol–water partition coefficient (Wildman–Crippen LogP) is 4.07. The van der Waals surface area contributed by atoms with Gasteiger partial charge in [0.25, 0.3) is 0 Å². The highest BCUT2D eigenvalue weighted by molar-refractivity contribution is 9.10. The number of anilines is 1. The molecule has 1 aromatic carbocycles. The normalized spacial score (nSPS) is 9.88. The number of halogens is 2. The Morgan fingerprint density at radius 1 is 1.41 bits per heavy atom. The summed E-state index contributed by atoms with van der Waals surface area (Å²) < 4.78 is 10.9. The first-order chi connectivity index (χ1) is 8.08. The minimum atomic E-state index is -0.539. The van der Waals surface area contributed by atoms with E-state index >= 15 is 0 Å². The van der Waals surface area contributed by atoms with Gasteiger partial charge in [-0.1, -0.05) is 11.6 Å². The van der Waals surface area contributed by atoms with Crippen LogP contribution in [0.1, 0.15) is 13.8 Å². The summed E-state index contributed by atoms with van der Waals surface area (Å²) in [7, 11) is 0. The standard InChI is InChI=1S/C11H13BrClNO3/c1-3-16-10-8(12)5-7(13)6-9(10)14-11(15)17-4-2/h5-6H,3-4H2,1-2H3,(H,14,15). The maximum Gasteiger partial charge on any atom is 0.411 e. The Kier molecular flexibility index (Phi) is 5.58. The zero-order valence-corrected chi connectivity index (χ0v) is 11.9. The third-order valence-corrected chi connectivity index (χ3v) is 2.62. The lowest BCUT2D eigenvalue weighted by atomic mass is 10.3. The molecule has 0 fully saturated rings. The van der Waals surface area contributed by atoms with Gasteiger partial charge >= 0.3 is 6.09 Å². The van der Waals surface area contributed by atoms with Crippen molar-refractivity contribution in [3.8, 4) is 5.75 Å². The van der Waals surface area contributed by atoms with Crippen molar-refractivity contribution in [3.63, 3.8) is 0 Å². The first kappa shape index (κ1) is 14.1. The van der Waals surface area contributed by atoms with Crippen LogP contribution in [-0.4, -0.2) is 19.3 Å². The smallest absolute Gasteiger partial charge is 0.411 e. The molecule has 94 valence electrons. The third-order valence-electron chi connectivity index (χ3n) is 1.81. The number of hydrogen-bond acceptors (Lipinski definition) is 3. The molecule has 6 heteroatoms. The van der Waals surface area contributed by atoms with E-state index in [4.69, 9.17) is 21.1 Å². The van der Waals surface area contributed by atoms with Gasteiger partial charge in [0.1, 0.15) is 0 Å². The summed E-state index contributed by atoms with van der Waals surface area (Å²) in [5.74, 6) is 0.532. The number of amides is 1. The van der Waals surface area contributed by atoms with Crippen molar-refractivity contribution in [3.05, 3.63) is 21.6 Å². The number of carbonyl (C=O) groups is 1. The summed E-state index contributed by atoms with van der Waals surface area (Å²) in [6.45, 7) is 4.38. The molecule has 4 nitrogen and oxygen atoms in total. The van der Waals surface area contributed by atoms with Gasteiger partial charge in [-0.05, 0) is 41.9 Å². The molecule has 0 saturated carbocycles. The van der Waals surface area contributed by atoms with Gasteiger partial charge < -0.3 is 9.47 Å². The molecule has 0 aliphatic carbocycles. The zero-order chi connectivity index (χ0) is 12.8. The molecule has 1 rings (SSSR count). The highest BCUT2D eigenvalue weighted by atomic mass is 79.9. The highest BCUT2D eigenvalue weighted by Gasteiger charge is 2.13. The lowest BCUT2D eigenvalue weighted by molar-refractivity contribution is 0.167. The molecule has 1 aromatic rings. The Hall–Kier alpha value is -0.940. The predicted molar refractivity (Wildman–Crippen MR) is 71.0 cm³/mol. The topological polar surface area (TPSA) is 47.6 Å². The second-order valence-electron chi connectivity index (χ2n) is 3.04. The summed E-state index contributed by atoms with van der Waals surface area (Å²) in [5, 5.41) is 3.07. The van der Waals surface area contributed by atoms with E-state index in [1.165, 1.54) is 0 Å². The van der Waals surface area contributed by atoms with Crippen molar-refractivity contribution < 1.29 is 14.3 Å². The molecular weight excluding hydrogens is 309 g/mol. The van der Waals surface area contributed by atoms with Crippen LogP contribution in [0.3, 0.4) is 0 Å². The van der Waals surface area contributed by atoms with Gasteiger partial charge in [-0.15, -0.1) is 0 Å². The van der Waals surface area contributed by atoms with Crippen LogP contribution in [0.25, 0.3) is 0 Å².